The highest BCUT2D eigenvalue weighted by Crippen LogP contribution is 2.09. The highest BCUT2D eigenvalue weighted by atomic mass is 16.6. The molecular formula is C10H8N2O4. The number of nitrogens with zero attached hydrogens (tertiary/aromatic N) is 2. The van der Waals surface area contributed by atoms with Crippen molar-refractivity contribution in [2.24, 2.45) is 0 Å². The molecule has 0 spiro atoms. The number of methoxy groups -OCH3 is 1. The highest BCUT2D eigenvalue weighted by molar-refractivity contribution is 5.72. The van der Waals surface area contributed by atoms with Crippen molar-refractivity contribution >= 4 is 11.7 Å². The zero-order valence-electron chi connectivity index (χ0n) is 8.47. The molecule has 0 aliphatic carbocycles. The Labute approximate surface area is 91.4 Å². The van der Waals surface area contributed by atoms with E-state index in [-0.39, 0.29) is 17.8 Å². The molecule has 0 aliphatic heterocycles. The number of carbonyl (C=O) groups excluding carboxylic acids is 1. The molecule has 0 fully saturated rings. The summed E-state index contributed by atoms with van der Waals surface area (Å²) in [6.07, 6.45) is 1.22. The molecule has 0 aliphatic rings. The summed E-state index contributed by atoms with van der Waals surface area (Å²) < 4.78 is 4.38. The third-order valence-corrected chi connectivity index (χ3v) is 1.63. The lowest BCUT2D eigenvalue weighted by Gasteiger charge is -1.91. The van der Waals surface area contributed by atoms with Crippen molar-refractivity contribution in [2.75, 3.05) is 7.11 Å². The SMILES string of the molecule is COC(=O)CC#Cc1cc([N+](=O)[O-])ccn1. The van der Waals surface area contributed by atoms with E-state index in [1.807, 2.05) is 0 Å². The summed E-state index contributed by atoms with van der Waals surface area (Å²) >= 11 is 0. The molecule has 1 aromatic rings. The number of hydrogen-bond acceptors (Lipinski definition) is 5. The van der Waals surface area contributed by atoms with Crippen LogP contribution in [0.1, 0.15) is 12.1 Å². The Morgan fingerprint density at radius 1 is 1.69 bits per heavy atom. The molecule has 0 aromatic carbocycles. The predicted octanol–water partition coefficient (Wildman–Crippen LogP) is 0.904. The lowest BCUT2D eigenvalue weighted by atomic mass is 10.3. The zero-order chi connectivity index (χ0) is 12.0. The van der Waals surface area contributed by atoms with Crippen LogP contribution >= 0.6 is 0 Å². The molecule has 6 nitrogen and oxygen atoms in total. The molecule has 0 amide bonds. The van der Waals surface area contributed by atoms with E-state index in [2.05, 4.69) is 21.6 Å². The number of aromatic nitrogens is 1. The van der Waals surface area contributed by atoms with Gasteiger partial charge in [0.1, 0.15) is 12.1 Å². The third-order valence-electron chi connectivity index (χ3n) is 1.63. The van der Waals surface area contributed by atoms with Crippen molar-refractivity contribution in [3.05, 3.63) is 34.1 Å². The summed E-state index contributed by atoms with van der Waals surface area (Å²) in [5.41, 5.74) is 0.162. The fraction of sp³-hybridized carbons (Fsp3) is 0.200. The Morgan fingerprint density at radius 3 is 3.06 bits per heavy atom. The lowest BCUT2D eigenvalue weighted by Crippen LogP contribution is -1.97. The van der Waals surface area contributed by atoms with E-state index in [0.29, 0.717) is 0 Å². The molecule has 1 heterocycles. The number of nitro groups is 1. The van der Waals surface area contributed by atoms with Crippen molar-refractivity contribution < 1.29 is 14.5 Å². The van der Waals surface area contributed by atoms with Gasteiger partial charge in [0.15, 0.2) is 0 Å². The quantitative estimate of drug-likeness (QED) is 0.320. The van der Waals surface area contributed by atoms with Gasteiger partial charge in [-0.15, -0.1) is 0 Å². The van der Waals surface area contributed by atoms with E-state index in [9.17, 15) is 14.9 Å². The van der Waals surface area contributed by atoms with E-state index in [0.717, 1.165) is 0 Å². The molecular weight excluding hydrogens is 212 g/mol. The van der Waals surface area contributed by atoms with Gasteiger partial charge in [-0.25, -0.2) is 4.98 Å². The minimum Gasteiger partial charge on any atom is -0.468 e. The number of esters is 1. The largest absolute Gasteiger partial charge is 0.468 e. The van der Waals surface area contributed by atoms with E-state index in [1.165, 1.54) is 25.4 Å². The van der Waals surface area contributed by atoms with Gasteiger partial charge >= 0.3 is 5.97 Å². The van der Waals surface area contributed by atoms with Crippen LogP contribution in [0.25, 0.3) is 0 Å². The summed E-state index contributed by atoms with van der Waals surface area (Å²) in [4.78, 5) is 24.4. The average molecular weight is 220 g/mol. The molecule has 0 atom stereocenters. The summed E-state index contributed by atoms with van der Waals surface area (Å²) in [5.74, 6) is 4.59. The van der Waals surface area contributed by atoms with Crippen LogP contribution in [0, 0.1) is 22.0 Å². The Hall–Kier alpha value is -2.42. The van der Waals surface area contributed by atoms with Crippen LogP contribution in [-0.4, -0.2) is 23.0 Å². The van der Waals surface area contributed by atoms with Crippen molar-refractivity contribution in [1.29, 1.82) is 0 Å². The standard InChI is InChI=1S/C10H8N2O4/c1-16-10(13)4-2-3-8-7-9(12(14)15)5-6-11-8/h5-7H,4H2,1H3. The molecule has 1 rings (SSSR count). The first-order chi connectivity index (χ1) is 7.63. The Bertz CT molecular complexity index is 473. The van der Waals surface area contributed by atoms with Crippen molar-refractivity contribution in [2.45, 2.75) is 6.42 Å². The van der Waals surface area contributed by atoms with Crippen LogP contribution in [0.2, 0.25) is 0 Å². The maximum absolute atomic E-state index is 10.7. The molecule has 0 saturated carbocycles. The van der Waals surface area contributed by atoms with Crippen LogP contribution in [-0.2, 0) is 9.53 Å². The molecule has 0 saturated heterocycles. The van der Waals surface area contributed by atoms with Crippen LogP contribution in [0.5, 0.6) is 0 Å². The maximum atomic E-state index is 10.7. The van der Waals surface area contributed by atoms with Crippen LogP contribution in [0.15, 0.2) is 18.3 Å². The van der Waals surface area contributed by atoms with Gasteiger partial charge in [-0.3, -0.25) is 14.9 Å². The van der Waals surface area contributed by atoms with Gasteiger partial charge in [0.25, 0.3) is 5.69 Å². The van der Waals surface area contributed by atoms with Gasteiger partial charge in [-0.1, -0.05) is 5.92 Å². The molecule has 0 unspecified atom stereocenters. The van der Waals surface area contributed by atoms with E-state index in [4.69, 9.17) is 0 Å². The van der Waals surface area contributed by atoms with Crippen molar-refractivity contribution in [3.63, 3.8) is 0 Å². The van der Waals surface area contributed by atoms with Crippen LogP contribution in [0.4, 0.5) is 5.69 Å². The lowest BCUT2D eigenvalue weighted by molar-refractivity contribution is -0.385. The van der Waals surface area contributed by atoms with Gasteiger partial charge in [0, 0.05) is 12.3 Å². The second kappa shape index (κ2) is 5.46. The van der Waals surface area contributed by atoms with Gasteiger partial charge in [-0.05, 0) is 5.92 Å². The number of hydrogen-bond donors (Lipinski definition) is 0. The zero-order valence-corrected chi connectivity index (χ0v) is 8.47. The van der Waals surface area contributed by atoms with Gasteiger partial charge in [-0.2, -0.15) is 0 Å². The first-order valence-corrected chi connectivity index (χ1v) is 4.29. The Balaban J connectivity index is 2.77. The summed E-state index contributed by atoms with van der Waals surface area (Å²) in [6.45, 7) is 0. The van der Waals surface area contributed by atoms with Crippen molar-refractivity contribution in [3.8, 4) is 11.8 Å². The molecule has 6 heteroatoms. The molecule has 1 aromatic heterocycles. The second-order valence-corrected chi connectivity index (χ2v) is 2.71. The summed E-state index contributed by atoms with van der Waals surface area (Å²) in [6, 6.07) is 2.51. The second-order valence-electron chi connectivity index (χ2n) is 2.71. The summed E-state index contributed by atoms with van der Waals surface area (Å²) in [5, 5.41) is 10.4. The Kier molecular flexibility index (Phi) is 3.98. The number of pyridine rings is 1. The third kappa shape index (κ3) is 3.38. The maximum Gasteiger partial charge on any atom is 0.317 e. The molecule has 16 heavy (non-hydrogen) atoms. The predicted molar refractivity (Wildman–Crippen MR) is 54.4 cm³/mol. The fourth-order valence-electron chi connectivity index (χ4n) is 0.880. The first kappa shape index (κ1) is 11.7. The van der Waals surface area contributed by atoms with Crippen molar-refractivity contribution in [1.82, 2.24) is 4.98 Å². The molecule has 82 valence electrons. The molecule has 0 bridgehead atoms. The van der Waals surface area contributed by atoms with Gasteiger partial charge in [0.2, 0.25) is 0 Å². The summed E-state index contributed by atoms with van der Waals surface area (Å²) in [7, 11) is 1.26. The van der Waals surface area contributed by atoms with Crippen LogP contribution in [0.3, 0.4) is 0 Å². The normalized spacial score (nSPS) is 8.81. The minimum atomic E-state index is -0.535. The van der Waals surface area contributed by atoms with Gasteiger partial charge in [0.05, 0.1) is 18.1 Å². The highest BCUT2D eigenvalue weighted by Gasteiger charge is 2.04. The first-order valence-electron chi connectivity index (χ1n) is 4.29. The average Bonchev–Trinajstić information content (AvgIpc) is 2.29. The van der Waals surface area contributed by atoms with Gasteiger partial charge < -0.3 is 4.74 Å². The monoisotopic (exact) mass is 220 g/mol. The van der Waals surface area contributed by atoms with E-state index < -0.39 is 10.9 Å². The topological polar surface area (TPSA) is 82.3 Å². The fourth-order valence-corrected chi connectivity index (χ4v) is 0.880. The molecule has 0 N–H and O–H groups in total. The molecule has 0 radical (unpaired) electrons. The number of carbonyl (C=O) groups is 1. The van der Waals surface area contributed by atoms with E-state index >= 15 is 0 Å². The number of ether oxygens (including phenoxy) is 1. The smallest absolute Gasteiger partial charge is 0.317 e. The van der Waals surface area contributed by atoms with E-state index in [1.54, 1.807) is 0 Å². The number of rotatable bonds is 2. The minimum absolute atomic E-state index is 0.0686. The Morgan fingerprint density at radius 2 is 2.44 bits per heavy atom. The van der Waals surface area contributed by atoms with Crippen LogP contribution < -0.4 is 0 Å².